The Morgan fingerprint density at radius 3 is 2.42 bits per heavy atom. The molecule has 2 amide bonds. The third-order valence-corrected chi connectivity index (χ3v) is 4.04. The molecule has 0 aromatic carbocycles. The minimum Gasteiger partial charge on any atom is -0.463 e. The van der Waals surface area contributed by atoms with E-state index in [-0.39, 0.29) is 29.8 Å². The zero-order chi connectivity index (χ0) is 18.3. The van der Waals surface area contributed by atoms with E-state index in [2.05, 4.69) is 10.1 Å². The Hall–Kier alpha value is -1.79. The van der Waals surface area contributed by atoms with E-state index in [9.17, 15) is 14.4 Å². The first kappa shape index (κ1) is 20.3. The van der Waals surface area contributed by atoms with Crippen molar-refractivity contribution in [1.29, 1.82) is 0 Å². The van der Waals surface area contributed by atoms with Gasteiger partial charge < -0.3 is 19.7 Å². The number of esters is 1. The normalized spacial score (nSPS) is 19.1. The molecule has 0 radical (unpaired) electrons. The van der Waals surface area contributed by atoms with Crippen molar-refractivity contribution < 1.29 is 23.9 Å². The van der Waals surface area contributed by atoms with E-state index in [0.29, 0.717) is 19.5 Å². The minimum atomic E-state index is -0.626. The van der Waals surface area contributed by atoms with Gasteiger partial charge in [-0.05, 0) is 38.5 Å². The fourth-order valence-electron chi connectivity index (χ4n) is 2.87. The van der Waals surface area contributed by atoms with Gasteiger partial charge in [0.25, 0.3) is 0 Å². The monoisotopic (exact) mass is 342 g/mol. The van der Waals surface area contributed by atoms with Gasteiger partial charge in [-0.3, -0.25) is 9.59 Å². The Bertz CT molecular complexity index is 450. The molecule has 1 aliphatic heterocycles. The Morgan fingerprint density at radius 1 is 1.21 bits per heavy atom. The average molecular weight is 342 g/mol. The first-order valence-corrected chi connectivity index (χ1v) is 8.57. The van der Waals surface area contributed by atoms with Crippen LogP contribution >= 0.6 is 0 Å². The summed E-state index contributed by atoms with van der Waals surface area (Å²) in [6.45, 7) is 8.54. The van der Waals surface area contributed by atoms with Crippen molar-refractivity contribution in [2.45, 2.75) is 59.1 Å². The third kappa shape index (κ3) is 6.37. The van der Waals surface area contributed by atoms with Gasteiger partial charge in [-0.1, -0.05) is 13.8 Å². The van der Waals surface area contributed by atoms with E-state index in [1.54, 1.807) is 4.90 Å². The lowest BCUT2D eigenvalue weighted by atomic mass is 9.93. The summed E-state index contributed by atoms with van der Waals surface area (Å²) in [6.07, 6.45) is 1.31. The first-order valence-electron chi connectivity index (χ1n) is 8.57. The molecular formula is C17H30N2O5. The van der Waals surface area contributed by atoms with Crippen LogP contribution in [-0.4, -0.2) is 55.2 Å². The van der Waals surface area contributed by atoms with E-state index in [4.69, 9.17) is 4.74 Å². The largest absolute Gasteiger partial charge is 0.463 e. The summed E-state index contributed by atoms with van der Waals surface area (Å²) in [6, 6.07) is -0.626. The number of rotatable bonds is 6. The van der Waals surface area contributed by atoms with Gasteiger partial charge in [-0.2, -0.15) is 0 Å². The summed E-state index contributed by atoms with van der Waals surface area (Å²) in [5.41, 5.74) is 0. The van der Waals surface area contributed by atoms with E-state index < -0.39 is 12.1 Å². The van der Waals surface area contributed by atoms with Gasteiger partial charge in [0.1, 0.15) is 6.04 Å². The highest BCUT2D eigenvalue weighted by Crippen LogP contribution is 2.22. The molecule has 0 unspecified atom stereocenters. The predicted molar refractivity (Wildman–Crippen MR) is 89.3 cm³/mol. The third-order valence-electron chi connectivity index (χ3n) is 4.04. The fraction of sp³-hybridized carbons (Fsp3) is 0.824. The molecule has 7 nitrogen and oxygen atoms in total. The van der Waals surface area contributed by atoms with Gasteiger partial charge in [0.05, 0.1) is 19.6 Å². The number of piperidine rings is 1. The topological polar surface area (TPSA) is 84.9 Å². The standard InChI is InChI=1S/C17H30N2O5/c1-11(2)15(18-17(22)23-5)16(21)19-8-6-7-13(10-19)9-14(20)24-12(3)4/h11-13,15H,6-10H2,1-5H3,(H,18,22)/t13-,15+/m0/s1. The van der Waals surface area contributed by atoms with Crippen molar-refractivity contribution in [3.05, 3.63) is 0 Å². The quantitative estimate of drug-likeness (QED) is 0.746. The van der Waals surface area contributed by atoms with E-state index in [0.717, 1.165) is 12.8 Å². The fourth-order valence-corrected chi connectivity index (χ4v) is 2.87. The molecular weight excluding hydrogens is 312 g/mol. The van der Waals surface area contributed by atoms with Gasteiger partial charge in [0.2, 0.25) is 5.91 Å². The van der Waals surface area contributed by atoms with Crippen LogP contribution in [0.4, 0.5) is 4.79 Å². The van der Waals surface area contributed by atoms with Crippen molar-refractivity contribution in [3.63, 3.8) is 0 Å². The molecule has 0 saturated carbocycles. The zero-order valence-electron chi connectivity index (χ0n) is 15.3. The highest BCUT2D eigenvalue weighted by Gasteiger charge is 2.32. The summed E-state index contributed by atoms with van der Waals surface area (Å²) >= 11 is 0. The lowest BCUT2D eigenvalue weighted by Gasteiger charge is -2.35. The number of nitrogens with zero attached hydrogens (tertiary/aromatic N) is 1. The van der Waals surface area contributed by atoms with Crippen molar-refractivity contribution in [2.75, 3.05) is 20.2 Å². The van der Waals surface area contributed by atoms with Crippen LogP contribution in [0.3, 0.4) is 0 Å². The molecule has 1 heterocycles. The van der Waals surface area contributed by atoms with Crippen molar-refractivity contribution in [1.82, 2.24) is 10.2 Å². The number of ether oxygens (including phenoxy) is 2. The SMILES string of the molecule is COC(=O)N[C@@H](C(=O)N1CCC[C@@H](CC(=O)OC(C)C)C1)C(C)C. The van der Waals surface area contributed by atoms with Crippen LogP contribution in [-0.2, 0) is 19.1 Å². The number of carbonyl (C=O) groups is 3. The molecule has 0 bridgehead atoms. The number of nitrogens with one attached hydrogen (secondary N) is 1. The maximum Gasteiger partial charge on any atom is 0.407 e. The Morgan fingerprint density at radius 2 is 1.88 bits per heavy atom. The smallest absolute Gasteiger partial charge is 0.407 e. The van der Waals surface area contributed by atoms with Gasteiger partial charge in [-0.15, -0.1) is 0 Å². The summed E-state index contributed by atoms with van der Waals surface area (Å²) in [7, 11) is 1.27. The van der Waals surface area contributed by atoms with Gasteiger partial charge in [0, 0.05) is 13.1 Å². The molecule has 1 saturated heterocycles. The van der Waals surface area contributed by atoms with Crippen molar-refractivity contribution in [2.24, 2.45) is 11.8 Å². The Labute approximate surface area is 144 Å². The number of alkyl carbamates (subject to hydrolysis) is 1. The molecule has 1 N–H and O–H groups in total. The summed E-state index contributed by atoms with van der Waals surface area (Å²) in [5.74, 6) is -0.308. The number of carbonyl (C=O) groups excluding carboxylic acids is 3. The number of hydrogen-bond donors (Lipinski definition) is 1. The van der Waals surface area contributed by atoms with Crippen LogP contribution in [0.25, 0.3) is 0 Å². The average Bonchev–Trinajstić information content (AvgIpc) is 2.50. The van der Waals surface area contributed by atoms with Crippen LogP contribution in [0.1, 0.15) is 47.0 Å². The molecule has 0 aromatic rings. The molecule has 24 heavy (non-hydrogen) atoms. The lowest BCUT2D eigenvalue weighted by molar-refractivity contribution is -0.150. The Kier molecular flexibility index (Phi) is 8.01. The van der Waals surface area contributed by atoms with E-state index in [1.165, 1.54) is 7.11 Å². The minimum absolute atomic E-state index is 0.0529. The number of amides is 2. The van der Waals surface area contributed by atoms with Crippen LogP contribution in [0, 0.1) is 11.8 Å². The van der Waals surface area contributed by atoms with Gasteiger partial charge in [-0.25, -0.2) is 4.79 Å². The lowest BCUT2D eigenvalue weighted by Crippen LogP contribution is -2.53. The summed E-state index contributed by atoms with van der Waals surface area (Å²) in [5, 5.41) is 2.60. The van der Waals surface area contributed by atoms with Crippen LogP contribution in [0.2, 0.25) is 0 Å². The predicted octanol–water partition coefficient (Wildman–Crippen LogP) is 1.95. The second-order valence-electron chi connectivity index (χ2n) is 6.89. The zero-order valence-corrected chi connectivity index (χ0v) is 15.3. The van der Waals surface area contributed by atoms with E-state index in [1.807, 2.05) is 27.7 Å². The van der Waals surface area contributed by atoms with Crippen molar-refractivity contribution in [3.8, 4) is 0 Å². The van der Waals surface area contributed by atoms with Crippen LogP contribution < -0.4 is 5.32 Å². The molecule has 1 aliphatic rings. The molecule has 1 rings (SSSR count). The van der Waals surface area contributed by atoms with E-state index >= 15 is 0 Å². The number of likely N-dealkylation sites (tertiary alicyclic amines) is 1. The molecule has 0 aromatic heterocycles. The van der Waals surface area contributed by atoms with Gasteiger partial charge in [0.15, 0.2) is 0 Å². The van der Waals surface area contributed by atoms with Crippen molar-refractivity contribution >= 4 is 18.0 Å². The summed E-state index contributed by atoms with van der Waals surface area (Å²) < 4.78 is 9.78. The second kappa shape index (κ2) is 9.49. The first-order chi connectivity index (χ1) is 11.2. The molecule has 0 aliphatic carbocycles. The Balaban J connectivity index is 2.65. The molecule has 0 spiro atoms. The number of methoxy groups -OCH3 is 1. The van der Waals surface area contributed by atoms with Crippen LogP contribution in [0.15, 0.2) is 0 Å². The second-order valence-corrected chi connectivity index (χ2v) is 6.89. The summed E-state index contributed by atoms with van der Waals surface area (Å²) in [4.78, 5) is 37.8. The van der Waals surface area contributed by atoms with Crippen LogP contribution in [0.5, 0.6) is 0 Å². The molecule has 7 heteroatoms. The highest BCUT2D eigenvalue weighted by atomic mass is 16.5. The molecule has 138 valence electrons. The highest BCUT2D eigenvalue weighted by molar-refractivity contribution is 5.86. The molecule has 1 fully saturated rings. The van der Waals surface area contributed by atoms with Gasteiger partial charge >= 0.3 is 12.1 Å². The maximum absolute atomic E-state index is 12.7. The maximum atomic E-state index is 12.7. The molecule has 2 atom stereocenters. The number of hydrogen-bond acceptors (Lipinski definition) is 5.